The molecule has 2 aliphatic rings. The summed E-state index contributed by atoms with van der Waals surface area (Å²) in [6.07, 6.45) is 4.85. The zero-order valence-corrected chi connectivity index (χ0v) is 30.4. The second kappa shape index (κ2) is 10.2. The summed E-state index contributed by atoms with van der Waals surface area (Å²) >= 11 is 0. The molecule has 1 fully saturated rings. The molecule has 122 valence electrons. The number of ether oxygens (including phenoxy) is 1. The van der Waals surface area contributed by atoms with Crippen LogP contribution in [-0.4, -0.2) is 19.2 Å². The normalized spacial score (nSPS) is 27.6. The molecule has 4 atom stereocenters. The van der Waals surface area contributed by atoms with Gasteiger partial charge >= 0.3 is 58.2 Å². The number of benzene rings is 1. The molecule has 2 radical (unpaired) electrons. The van der Waals surface area contributed by atoms with Crippen LogP contribution in [0.1, 0.15) is 25.0 Å². The van der Waals surface area contributed by atoms with Gasteiger partial charge in [-0.1, -0.05) is 12.7 Å². The fourth-order valence-corrected chi connectivity index (χ4v) is 3.32. The maximum absolute atomic E-state index is 6.18. The summed E-state index contributed by atoms with van der Waals surface area (Å²) in [6, 6.07) is 7.19. The van der Waals surface area contributed by atoms with Crippen LogP contribution in [-0.2, 0) is 39.9 Å². The number of hydrogen-bond acceptors (Lipinski definition) is 2. The van der Waals surface area contributed by atoms with Crippen molar-refractivity contribution in [2.24, 2.45) is 11.8 Å². The molecule has 0 saturated heterocycles. The van der Waals surface area contributed by atoms with E-state index in [0.717, 1.165) is 22.6 Å². The molecule has 6 heteroatoms. The number of aryl methyl sites for hydroxylation is 2. The number of nitrogens with zero attached hydrogens (tertiary/aromatic N) is 1. The Morgan fingerprint density at radius 3 is 2.26 bits per heavy atom. The van der Waals surface area contributed by atoms with Crippen LogP contribution in [0.5, 0.6) is 5.75 Å². The van der Waals surface area contributed by atoms with Crippen LogP contribution < -0.4 is 67.8 Å². The molecule has 0 N–H and O–H groups in total. The molecule has 2 nitrogen and oxygen atoms in total. The molecule has 1 aromatic carbocycles. The molecule has 1 saturated carbocycles. The molecule has 1 aliphatic heterocycles. The molecular weight excluding hydrogens is 876 g/mol. The molecule has 0 spiro atoms. The van der Waals surface area contributed by atoms with Gasteiger partial charge in [-0.15, -0.1) is 20.8 Å². The molecule has 1 aliphatic carbocycles. The van der Waals surface area contributed by atoms with Crippen molar-refractivity contribution < 1.29 is 103 Å². The van der Waals surface area contributed by atoms with Crippen LogP contribution in [0.2, 0.25) is 0 Å². The summed E-state index contributed by atoms with van der Waals surface area (Å²) in [5.74, 6) is 1.87. The van der Waals surface area contributed by atoms with Gasteiger partial charge in [-0.2, -0.15) is 11.6 Å². The molecule has 1 aromatic rings. The zero-order chi connectivity index (χ0) is 13.7. The number of rotatable bonds is 0. The standard InChI is InChI=1S/C17H21NO.Rb.Re.Rf.Rh/c1-10-6-13(4)17-16(7-10)19-15-9-12(3)11(2)8-14(15)18(17)5;;;;/h6-7,10,13,16-17H,1-5H3;;;;/q-4;+1;;;. The third kappa shape index (κ3) is 4.97. The Morgan fingerprint density at radius 1 is 1.09 bits per heavy atom. The number of hydrogen-bond donors (Lipinski definition) is 0. The van der Waals surface area contributed by atoms with Crippen molar-refractivity contribution in [3.63, 3.8) is 0 Å². The Morgan fingerprint density at radius 2 is 1.65 bits per heavy atom. The van der Waals surface area contributed by atoms with Gasteiger partial charge in [0.15, 0.2) is 0 Å². The van der Waals surface area contributed by atoms with E-state index in [-0.39, 0.29) is 104 Å². The van der Waals surface area contributed by atoms with Crippen LogP contribution in [0.3, 0.4) is 0 Å². The average Bonchev–Trinajstić information content (AvgIpc) is 2.31. The summed E-state index contributed by atoms with van der Waals surface area (Å²) in [5.41, 5.74) is 3.32. The maximum Gasteiger partial charge on any atom is 1.00 e. The molecule has 0 amide bonds. The molecule has 0 aromatic heterocycles. The Bertz CT molecular complexity index is 520. The maximum atomic E-state index is 6.18. The Hall–Kier alpha value is 0.911. The van der Waals surface area contributed by atoms with E-state index in [1.165, 1.54) is 0 Å². The summed E-state index contributed by atoms with van der Waals surface area (Å²) < 4.78 is 6.18. The minimum absolute atomic E-state index is 0. The molecule has 0 bridgehead atoms. The van der Waals surface area contributed by atoms with Crippen molar-refractivity contribution in [3.05, 3.63) is 36.1 Å². The Kier molecular flexibility index (Phi) is 11.5. The average molecular weight is 897 g/mol. The first-order chi connectivity index (χ1) is 8.97. The van der Waals surface area contributed by atoms with E-state index >= 15 is 0 Å². The molecule has 23 heavy (non-hydrogen) atoms. The van der Waals surface area contributed by atoms with Crippen molar-refractivity contribution in [2.75, 3.05) is 11.9 Å². The summed E-state index contributed by atoms with van der Waals surface area (Å²) in [7, 11) is 2.15. The second-order valence-corrected chi connectivity index (χ2v) is 5.96. The number of anilines is 1. The smallest absolute Gasteiger partial charge is 0.601 e. The van der Waals surface area contributed by atoms with Crippen LogP contribution in [0, 0.1) is 50.7 Å². The number of likely N-dealkylation sites (N-methyl/N-ethyl adjacent to an activating group) is 1. The van der Waals surface area contributed by atoms with E-state index in [1.807, 2.05) is 0 Å². The fraction of sp³-hybridized carbons (Fsp3) is 0.529. The van der Waals surface area contributed by atoms with Crippen molar-refractivity contribution in [1.29, 1.82) is 0 Å². The van der Waals surface area contributed by atoms with Crippen molar-refractivity contribution >= 4 is 5.69 Å². The summed E-state index contributed by atoms with van der Waals surface area (Å²) in [5, 5.41) is 0. The van der Waals surface area contributed by atoms with E-state index in [2.05, 4.69) is 64.6 Å². The first-order valence-corrected chi connectivity index (χ1v) is 7.02. The van der Waals surface area contributed by atoms with Gasteiger partial charge in [0.1, 0.15) is 0 Å². The minimum Gasteiger partial charge on any atom is -0.601 e. The fourth-order valence-electron chi connectivity index (χ4n) is 3.32. The number of fused-ring (bicyclic) bond motifs is 2. The topological polar surface area (TPSA) is 12.5 Å². The first kappa shape index (κ1) is 26.1. The predicted molar refractivity (Wildman–Crippen MR) is 77.1 cm³/mol. The molecule has 3 rings (SSSR count). The van der Waals surface area contributed by atoms with Crippen molar-refractivity contribution in [2.45, 2.75) is 39.8 Å². The first-order valence-electron chi connectivity index (χ1n) is 7.02. The van der Waals surface area contributed by atoms with Gasteiger partial charge < -0.3 is 22.5 Å². The van der Waals surface area contributed by atoms with Crippen molar-refractivity contribution in [1.82, 2.24) is 0 Å². The zero-order valence-electron chi connectivity index (χ0n) is 14.7. The second-order valence-electron chi connectivity index (χ2n) is 5.96. The molecule has 4 unspecified atom stereocenters. The third-order valence-electron chi connectivity index (χ3n) is 4.41. The quantitative estimate of drug-likeness (QED) is 0.273. The molecular formula is C17H21NORbReRfRh-3. The van der Waals surface area contributed by atoms with Gasteiger partial charge in [0.25, 0.3) is 0 Å². The van der Waals surface area contributed by atoms with E-state index in [4.69, 9.17) is 4.74 Å². The largest absolute Gasteiger partial charge is 1.00 e. The molecule has 1 heterocycles. The van der Waals surface area contributed by atoms with Crippen LogP contribution in [0.4, 0.5) is 5.69 Å². The van der Waals surface area contributed by atoms with Gasteiger partial charge in [0, 0.05) is 39.9 Å². The van der Waals surface area contributed by atoms with Gasteiger partial charge in [-0.05, 0) is 19.2 Å². The van der Waals surface area contributed by atoms with E-state index in [9.17, 15) is 0 Å². The van der Waals surface area contributed by atoms with Gasteiger partial charge in [0.2, 0.25) is 0 Å². The van der Waals surface area contributed by atoms with Crippen LogP contribution >= 0.6 is 0 Å². The van der Waals surface area contributed by atoms with E-state index in [0.29, 0.717) is 17.9 Å². The predicted octanol–water partition coefficient (Wildman–Crippen LogP) is 0.163. The summed E-state index contributed by atoms with van der Waals surface area (Å²) in [6.45, 7) is 8.64. The van der Waals surface area contributed by atoms with Gasteiger partial charge in [0.05, 0.1) is 0 Å². The van der Waals surface area contributed by atoms with Crippen molar-refractivity contribution in [3.8, 4) is 5.75 Å². The van der Waals surface area contributed by atoms with Gasteiger partial charge in [-0.25, -0.2) is 0 Å². The Balaban J connectivity index is 0. The van der Waals surface area contributed by atoms with Gasteiger partial charge in [-0.3, -0.25) is 29.2 Å². The Labute approximate surface area is 210 Å². The monoisotopic (exact) mass is 897 g/mol. The van der Waals surface area contributed by atoms with Crippen LogP contribution in [0.15, 0.2) is 0 Å². The van der Waals surface area contributed by atoms with E-state index in [1.54, 1.807) is 0 Å². The minimum atomic E-state index is 0. The SMILES string of the molecule is Cc1[c-]c2c([c-]c1C)N(C)C1C(C)[CH-]C(C)[CH-]C1O2.[Rb+].[Re].[Rf].[Rh]. The third-order valence-corrected chi connectivity index (χ3v) is 4.41. The summed E-state index contributed by atoms with van der Waals surface area (Å²) in [4.78, 5) is 2.32. The van der Waals surface area contributed by atoms with E-state index < -0.39 is 0 Å². The van der Waals surface area contributed by atoms with Crippen LogP contribution in [0.25, 0.3) is 0 Å².